The van der Waals surface area contributed by atoms with Gasteiger partial charge in [0.1, 0.15) is 0 Å². The monoisotopic (exact) mass is 383 g/mol. The normalized spacial score (nSPS) is 11.7. The van der Waals surface area contributed by atoms with Crippen molar-refractivity contribution < 1.29 is 0 Å². The molecule has 0 unspecified atom stereocenters. The van der Waals surface area contributed by atoms with Crippen molar-refractivity contribution in [1.82, 2.24) is 9.97 Å². The van der Waals surface area contributed by atoms with E-state index in [-0.39, 0.29) is 10.9 Å². The number of rotatable bonds is 2. The fraction of sp³-hybridized carbons (Fsp3) is 0.167. The summed E-state index contributed by atoms with van der Waals surface area (Å²) in [5, 5.41) is 2.46. The Kier molecular flexibility index (Phi) is 3.74. The molecule has 0 radical (unpaired) electrons. The second-order valence-corrected chi connectivity index (χ2v) is 7.68. The van der Waals surface area contributed by atoms with E-state index >= 15 is 0 Å². The lowest BCUT2D eigenvalue weighted by Crippen LogP contribution is -2.13. The number of H-pyrrole nitrogens is 2. The molecule has 3 aromatic carbocycles. The summed E-state index contributed by atoms with van der Waals surface area (Å²) in [6, 6.07) is 15.2. The average Bonchev–Trinajstić information content (AvgIpc) is 2.73. The van der Waals surface area contributed by atoms with Crippen LogP contribution in [0.3, 0.4) is 0 Å². The van der Waals surface area contributed by atoms with E-state index in [9.17, 15) is 9.59 Å². The first-order chi connectivity index (χ1) is 14.0. The molecule has 5 nitrogen and oxygen atoms in total. The highest BCUT2D eigenvalue weighted by atomic mass is 16.1. The van der Waals surface area contributed by atoms with Crippen LogP contribution in [-0.4, -0.2) is 24.1 Å². The third kappa shape index (κ3) is 2.54. The number of aromatic amines is 2. The molecule has 2 aromatic heterocycles. The summed E-state index contributed by atoms with van der Waals surface area (Å²) in [6.07, 6.45) is 0.873. The molecule has 5 aromatic rings. The lowest BCUT2D eigenvalue weighted by molar-refractivity contribution is 1.14. The summed E-state index contributed by atoms with van der Waals surface area (Å²) < 4.78 is 0. The SMILES string of the molecule is CCc1ccc2[nH]c3cc4c(=O)c5cccc(N(C)C)c5[nH]c4cc3c(=O)c2c1. The van der Waals surface area contributed by atoms with Gasteiger partial charge in [0.15, 0.2) is 10.9 Å². The number of nitrogens with one attached hydrogen (secondary N) is 2. The van der Waals surface area contributed by atoms with Crippen molar-refractivity contribution >= 4 is 49.3 Å². The fourth-order valence-electron chi connectivity index (χ4n) is 4.09. The van der Waals surface area contributed by atoms with Crippen LogP contribution in [0.1, 0.15) is 12.5 Å². The van der Waals surface area contributed by atoms with Crippen LogP contribution in [0.25, 0.3) is 43.6 Å². The highest BCUT2D eigenvalue weighted by Crippen LogP contribution is 2.26. The highest BCUT2D eigenvalue weighted by Gasteiger charge is 2.13. The van der Waals surface area contributed by atoms with Gasteiger partial charge in [-0.05, 0) is 48.4 Å². The van der Waals surface area contributed by atoms with Crippen molar-refractivity contribution in [3.05, 3.63) is 74.5 Å². The summed E-state index contributed by atoms with van der Waals surface area (Å²) in [6.45, 7) is 2.07. The predicted octanol–water partition coefficient (Wildman–Crippen LogP) is 4.30. The van der Waals surface area contributed by atoms with Crippen LogP contribution in [0.5, 0.6) is 0 Å². The van der Waals surface area contributed by atoms with Gasteiger partial charge >= 0.3 is 0 Å². The zero-order valence-corrected chi connectivity index (χ0v) is 16.6. The predicted molar refractivity (Wildman–Crippen MR) is 121 cm³/mol. The summed E-state index contributed by atoms with van der Waals surface area (Å²) in [4.78, 5) is 35.1. The number of para-hydroxylation sites is 1. The van der Waals surface area contributed by atoms with Gasteiger partial charge in [0, 0.05) is 41.2 Å². The summed E-state index contributed by atoms with van der Waals surface area (Å²) in [7, 11) is 3.89. The summed E-state index contributed by atoms with van der Waals surface area (Å²) in [5.74, 6) is 0. The maximum Gasteiger partial charge on any atom is 0.197 e. The number of pyridine rings is 2. The second kappa shape index (κ2) is 6.21. The zero-order chi connectivity index (χ0) is 20.3. The average molecular weight is 383 g/mol. The molecule has 0 fully saturated rings. The smallest absolute Gasteiger partial charge is 0.197 e. The standard InChI is InChI=1S/C24H21N3O2/c1-4-13-8-9-18-15(10-13)24(29)16-12-20-17(11-19(16)25-18)23(28)14-6-5-7-21(27(2)3)22(14)26-20/h5-12H,4H2,1-3H3,(H,25,29)(H,26,28). The molecule has 5 rings (SSSR count). The molecular formula is C24H21N3O2. The van der Waals surface area contributed by atoms with Crippen LogP contribution in [0.4, 0.5) is 5.69 Å². The van der Waals surface area contributed by atoms with Crippen LogP contribution < -0.4 is 15.8 Å². The molecule has 0 bridgehead atoms. The maximum atomic E-state index is 13.2. The third-order valence-corrected chi connectivity index (χ3v) is 5.68. The van der Waals surface area contributed by atoms with Crippen LogP contribution in [0.15, 0.2) is 58.1 Å². The van der Waals surface area contributed by atoms with E-state index in [0.717, 1.165) is 28.7 Å². The maximum absolute atomic E-state index is 13.2. The van der Waals surface area contributed by atoms with Crippen molar-refractivity contribution in [1.29, 1.82) is 0 Å². The largest absolute Gasteiger partial charge is 0.376 e. The van der Waals surface area contributed by atoms with E-state index in [1.807, 2.05) is 55.4 Å². The number of hydrogen-bond acceptors (Lipinski definition) is 3. The lowest BCUT2D eigenvalue weighted by atomic mass is 10.0. The molecule has 0 aliphatic carbocycles. The number of aromatic nitrogens is 2. The Morgan fingerprint density at radius 3 is 2.10 bits per heavy atom. The molecule has 2 N–H and O–H groups in total. The number of anilines is 1. The molecule has 0 amide bonds. The van der Waals surface area contributed by atoms with Crippen molar-refractivity contribution in [2.24, 2.45) is 0 Å². The highest BCUT2D eigenvalue weighted by molar-refractivity contribution is 6.04. The molecule has 0 aliphatic rings. The Bertz CT molecular complexity index is 1560. The summed E-state index contributed by atoms with van der Waals surface area (Å²) >= 11 is 0. The van der Waals surface area contributed by atoms with Gasteiger partial charge in [-0.15, -0.1) is 0 Å². The van der Waals surface area contributed by atoms with Gasteiger partial charge in [-0.25, -0.2) is 0 Å². The van der Waals surface area contributed by atoms with Crippen molar-refractivity contribution in [2.45, 2.75) is 13.3 Å². The molecule has 5 heteroatoms. The van der Waals surface area contributed by atoms with Gasteiger partial charge in [-0.3, -0.25) is 9.59 Å². The Morgan fingerprint density at radius 2 is 1.41 bits per heavy atom. The number of hydrogen-bond donors (Lipinski definition) is 2. The number of nitrogens with zero attached hydrogens (tertiary/aromatic N) is 1. The third-order valence-electron chi connectivity index (χ3n) is 5.68. The van der Waals surface area contributed by atoms with Crippen LogP contribution in [0, 0.1) is 0 Å². The number of fused-ring (bicyclic) bond motifs is 4. The summed E-state index contributed by atoms with van der Waals surface area (Å²) in [5.41, 5.74) is 4.90. The molecule has 0 saturated carbocycles. The van der Waals surface area contributed by atoms with E-state index in [2.05, 4.69) is 16.9 Å². The zero-order valence-electron chi connectivity index (χ0n) is 16.6. The molecule has 0 spiro atoms. The van der Waals surface area contributed by atoms with Crippen LogP contribution in [0.2, 0.25) is 0 Å². The van der Waals surface area contributed by atoms with Crippen LogP contribution in [-0.2, 0) is 6.42 Å². The molecule has 29 heavy (non-hydrogen) atoms. The quantitative estimate of drug-likeness (QED) is 0.447. The second-order valence-electron chi connectivity index (χ2n) is 7.68. The van der Waals surface area contributed by atoms with Gasteiger partial charge in [0.25, 0.3) is 0 Å². The molecule has 0 saturated heterocycles. The lowest BCUT2D eigenvalue weighted by Gasteiger charge is -2.15. The number of benzene rings is 3. The Labute approximate surface area is 166 Å². The Morgan fingerprint density at radius 1 is 0.759 bits per heavy atom. The Balaban J connectivity index is 1.94. The van der Waals surface area contributed by atoms with E-state index in [0.29, 0.717) is 32.6 Å². The fourth-order valence-corrected chi connectivity index (χ4v) is 4.09. The first-order valence-corrected chi connectivity index (χ1v) is 9.72. The number of aryl methyl sites for hydroxylation is 1. The van der Waals surface area contributed by atoms with E-state index in [1.165, 1.54) is 0 Å². The minimum atomic E-state index is -0.0402. The Hall–Kier alpha value is -3.60. The molecule has 0 atom stereocenters. The van der Waals surface area contributed by atoms with Crippen molar-refractivity contribution in [3.8, 4) is 0 Å². The van der Waals surface area contributed by atoms with E-state index < -0.39 is 0 Å². The molecule has 2 heterocycles. The van der Waals surface area contributed by atoms with Crippen LogP contribution >= 0.6 is 0 Å². The van der Waals surface area contributed by atoms with Crippen molar-refractivity contribution in [3.63, 3.8) is 0 Å². The topological polar surface area (TPSA) is 69.0 Å². The van der Waals surface area contributed by atoms with Gasteiger partial charge in [0.2, 0.25) is 0 Å². The molecule has 0 aliphatic heterocycles. The minimum absolute atomic E-state index is 0.0206. The van der Waals surface area contributed by atoms with Gasteiger partial charge < -0.3 is 14.9 Å². The first kappa shape index (κ1) is 17.5. The van der Waals surface area contributed by atoms with Crippen molar-refractivity contribution in [2.75, 3.05) is 19.0 Å². The van der Waals surface area contributed by atoms with Gasteiger partial charge in [-0.1, -0.05) is 19.1 Å². The van der Waals surface area contributed by atoms with Gasteiger partial charge in [0.05, 0.1) is 22.2 Å². The first-order valence-electron chi connectivity index (χ1n) is 9.72. The van der Waals surface area contributed by atoms with E-state index in [4.69, 9.17) is 0 Å². The van der Waals surface area contributed by atoms with E-state index in [1.54, 1.807) is 12.1 Å². The molecule has 144 valence electrons. The molecular weight excluding hydrogens is 362 g/mol. The van der Waals surface area contributed by atoms with Gasteiger partial charge in [-0.2, -0.15) is 0 Å². The minimum Gasteiger partial charge on any atom is -0.376 e.